The van der Waals surface area contributed by atoms with Gasteiger partial charge in [-0.2, -0.15) is 39.2 Å². The van der Waals surface area contributed by atoms with Crippen LogP contribution in [-0.4, -0.2) is 53.4 Å². The summed E-state index contributed by atoms with van der Waals surface area (Å²) < 4.78 is 125. The monoisotopic (exact) mass is 659 g/mol. The van der Waals surface area contributed by atoms with Gasteiger partial charge in [0.15, 0.2) is 0 Å². The molecule has 0 amide bonds. The molecule has 0 spiro atoms. The number of anilines is 1. The van der Waals surface area contributed by atoms with E-state index in [1.807, 2.05) is 12.1 Å². The lowest BCUT2D eigenvalue weighted by Gasteiger charge is -2.60. The fourth-order valence-electron chi connectivity index (χ4n) is 8.60. The molecular formula is C30H40F7NO5S. The van der Waals surface area contributed by atoms with E-state index in [4.69, 9.17) is 0 Å². The van der Waals surface area contributed by atoms with Crippen molar-refractivity contribution in [2.45, 2.75) is 114 Å². The van der Waals surface area contributed by atoms with E-state index in [0.29, 0.717) is 38.5 Å². The van der Waals surface area contributed by atoms with E-state index >= 15 is 0 Å². The maximum atomic E-state index is 13.7. The van der Waals surface area contributed by atoms with Gasteiger partial charge in [-0.05, 0) is 96.8 Å². The zero-order valence-electron chi connectivity index (χ0n) is 24.4. The number of fused-ring (bicyclic) bond motifs is 5. The van der Waals surface area contributed by atoms with E-state index in [-0.39, 0.29) is 47.1 Å². The van der Waals surface area contributed by atoms with Gasteiger partial charge in [-0.1, -0.05) is 44.7 Å². The molecule has 44 heavy (non-hydrogen) atoms. The Morgan fingerprint density at radius 1 is 1.09 bits per heavy atom. The van der Waals surface area contributed by atoms with Gasteiger partial charge in [-0.3, -0.25) is 9.27 Å². The molecule has 0 heterocycles. The van der Waals surface area contributed by atoms with Crippen LogP contribution in [-0.2, 0) is 16.7 Å². The number of alkyl halides is 7. The Morgan fingerprint density at radius 3 is 2.36 bits per heavy atom. The number of aryl methyl sites for hydroxylation is 1. The molecule has 3 aliphatic rings. The number of hydrogen-bond acceptors (Lipinski definition) is 4. The summed E-state index contributed by atoms with van der Waals surface area (Å²) in [5.41, 5.74) is 1.46. The third-order valence-corrected chi connectivity index (χ3v) is 11.1. The van der Waals surface area contributed by atoms with Crippen LogP contribution < -0.4 is 4.72 Å². The number of benzene rings is 1. The second-order valence-electron chi connectivity index (χ2n) is 13.1. The Bertz CT molecular complexity index is 1320. The minimum absolute atomic E-state index is 0.0166. The molecule has 14 heteroatoms. The molecular weight excluding hydrogens is 619 g/mol. The van der Waals surface area contributed by atoms with Gasteiger partial charge in [0.25, 0.3) is 0 Å². The molecule has 4 rings (SSSR count). The minimum Gasteiger partial charge on any atom is -0.393 e. The minimum atomic E-state index is -6.49. The highest BCUT2D eigenvalue weighted by molar-refractivity contribution is 7.87. The van der Waals surface area contributed by atoms with Gasteiger partial charge in [0.1, 0.15) is 6.10 Å². The van der Waals surface area contributed by atoms with Crippen molar-refractivity contribution >= 4 is 16.0 Å². The first-order valence-corrected chi connectivity index (χ1v) is 16.4. The van der Waals surface area contributed by atoms with Crippen molar-refractivity contribution in [3.63, 3.8) is 0 Å². The highest BCUT2D eigenvalue weighted by Gasteiger charge is 2.75. The van der Waals surface area contributed by atoms with Crippen molar-refractivity contribution in [2.75, 3.05) is 4.72 Å². The molecule has 3 aliphatic carbocycles. The van der Waals surface area contributed by atoms with E-state index in [0.717, 1.165) is 24.0 Å². The van der Waals surface area contributed by atoms with Gasteiger partial charge < -0.3 is 10.2 Å². The van der Waals surface area contributed by atoms with Gasteiger partial charge in [-0.15, -0.1) is 6.58 Å². The van der Waals surface area contributed by atoms with Gasteiger partial charge in [0.2, 0.25) is 0 Å². The highest BCUT2D eigenvalue weighted by atomic mass is 32.2. The van der Waals surface area contributed by atoms with Crippen LogP contribution in [0.25, 0.3) is 0 Å². The van der Waals surface area contributed by atoms with E-state index in [1.165, 1.54) is 0 Å². The topological polar surface area (TPSA) is 107 Å². The van der Waals surface area contributed by atoms with E-state index in [9.17, 15) is 53.9 Å². The van der Waals surface area contributed by atoms with Crippen LogP contribution in [0.15, 0.2) is 30.9 Å². The smallest absolute Gasteiger partial charge is 0.393 e. The van der Waals surface area contributed by atoms with Crippen molar-refractivity contribution in [1.29, 1.82) is 0 Å². The van der Waals surface area contributed by atoms with E-state index < -0.39 is 47.0 Å². The summed E-state index contributed by atoms with van der Waals surface area (Å²) in [5.74, 6) is -11.8. The number of hydrogen-bond donors (Lipinski definition) is 4. The van der Waals surface area contributed by atoms with Crippen molar-refractivity contribution in [3.8, 4) is 0 Å². The summed E-state index contributed by atoms with van der Waals surface area (Å²) >= 11 is 0. The molecule has 250 valence electrons. The first-order valence-electron chi connectivity index (χ1n) is 14.9. The predicted octanol–water partition coefficient (Wildman–Crippen LogP) is 7.44. The van der Waals surface area contributed by atoms with Crippen LogP contribution in [0, 0.1) is 22.7 Å². The first-order chi connectivity index (χ1) is 20.2. The van der Waals surface area contributed by atoms with Gasteiger partial charge in [-0.25, -0.2) is 0 Å². The largest absolute Gasteiger partial charge is 0.459 e. The average Bonchev–Trinajstić information content (AvgIpc) is 3.22. The van der Waals surface area contributed by atoms with Crippen molar-refractivity contribution < 1.29 is 53.9 Å². The number of aliphatic hydroxyl groups is 2. The molecule has 0 bridgehead atoms. The summed E-state index contributed by atoms with van der Waals surface area (Å²) in [7, 11) is -4.47. The molecule has 6 nitrogen and oxygen atoms in total. The number of aliphatic hydroxyl groups excluding tert-OH is 2. The molecule has 0 radical (unpaired) electrons. The van der Waals surface area contributed by atoms with Crippen LogP contribution in [0.5, 0.6) is 0 Å². The lowest BCUT2D eigenvalue weighted by Crippen LogP contribution is -2.57. The standard InChI is InChI=1S/C30H40F7NO5S/c1-3-27-15-14-18-16-20(38-44(41,42)43)10-11-21(18)25(27)19(17-26(2)22(27)12-13-23(26)39)8-6-4-5-7-9-24(40)28(31,32)29(33,34)30(35,36)37/h3,10-11,16,19,22-25,38-40H,1,4-9,12-15,17H2,2H3,(H,41,42,43)/t19-,22+,23-,24?,25+,26-,27-/m0/s1. The summed E-state index contributed by atoms with van der Waals surface area (Å²) in [4.78, 5) is 0. The summed E-state index contributed by atoms with van der Waals surface area (Å²) in [5, 5.41) is 20.6. The number of allylic oxidation sites excluding steroid dienone is 1. The summed E-state index contributed by atoms with van der Waals surface area (Å²) in [6.07, 6.45) is -3.75. The normalized spacial score (nSPS) is 31.5. The Morgan fingerprint density at radius 2 is 1.75 bits per heavy atom. The number of halogens is 7. The number of rotatable bonds is 12. The fraction of sp³-hybridized carbons (Fsp3) is 0.733. The van der Waals surface area contributed by atoms with Gasteiger partial charge >= 0.3 is 28.3 Å². The van der Waals surface area contributed by atoms with Gasteiger partial charge in [0, 0.05) is 0 Å². The molecule has 0 aromatic heterocycles. The third-order valence-electron chi connectivity index (χ3n) is 10.6. The molecule has 0 saturated heterocycles. The van der Waals surface area contributed by atoms with Crippen molar-refractivity contribution in [3.05, 3.63) is 42.0 Å². The average molecular weight is 660 g/mol. The number of unbranched alkanes of at least 4 members (excludes halogenated alkanes) is 3. The molecule has 0 aliphatic heterocycles. The molecule has 1 aromatic rings. The zero-order valence-corrected chi connectivity index (χ0v) is 25.2. The third kappa shape index (κ3) is 6.12. The summed E-state index contributed by atoms with van der Waals surface area (Å²) in [6, 6.07) is 5.14. The second kappa shape index (κ2) is 12.0. The molecule has 7 atom stereocenters. The van der Waals surface area contributed by atoms with Crippen LogP contribution >= 0.6 is 0 Å². The van der Waals surface area contributed by atoms with Crippen molar-refractivity contribution in [2.24, 2.45) is 22.7 Å². The van der Waals surface area contributed by atoms with E-state index in [2.05, 4.69) is 18.2 Å². The SMILES string of the molecule is C=C[C@@]12CCc3cc(NS(=O)(=O)O)ccc3[C@H]1[C@@H](CCCCCCC(O)C(F)(F)C(F)(F)C(F)(F)F)C[C@@]1(C)[C@H]2CC[C@@H]1O. The first kappa shape index (κ1) is 35.0. The predicted molar refractivity (Wildman–Crippen MR) is 150 cm³/mol. The molecule has 1 aromatic carbocycles. The second-order valence-corrected chi connectivity index (χ2v) is 14.3. The Hall–Kier alpha value is -1.90. The highest BCUT2D eigenvalue weighted by Crippen LogP contribution is 2.69. The van der Waals surface area contributed by atoms with Crippen LogP contribution in [0.3, 0.4) is 0 Å². The summed E-state index contributed by atoms with van der Waals surface area (Å²) in [6.45, 7) is 6.32. The maximum Gasteiger partial charge on any atom is 0.459 e. The lowest BCUT2D eigenvalue weighted by molar-refractivity contribution is -0.371. The fourth-order valence-corrected chi connectivity index (χ4v) is 9.02. The Kier molecular flexibility index (Phi) is 9.56. The van der Waals surface area contributed by atoms with Gasteiger partial charge in [0.05, 0.1) is 11.8 Å². The quantitative estimate of drug-likeness (QED) is 0.0808. The van der Waals surface area contributed by atoms with Crippen molar-refractivity contribution in [1.82, 2.24) is 0 Å². The Balaban J connectivity index is 1.48. The van der Waals surface area contributed by atoms with Crippen LogP contribution in [0.4, 0.5) is 36.4 Å². The lowest BCUT2D eigenvalue weighted by atomic mass is 9.44. The Labute approximate surface area is 253 Å². The van der Waals surface area contributed by atoms with Crippen LogP contribution in [0.2, 0.25) is 0 Å². The number of nitrogens with one attached hydrogen (secondary N) is 1. The zero-order chi connectivity index (χ0) is 32.9. The molecule has 1 unspecified atom stereocenters. The van der Waals surface area contributed by atoms with Crippen LogP contribution in [0.1, 0.15) is 88.2 Å². The molecule has 2 saturated carbocycles. The molecule has 2 fully saturated rings. The van der Waals surface area contributed by atoms with E-state index in [1.54, 1.807) is 12.1 Å². The molecule has 4 N–H and O–H groups in total. The maximum absolute atomic E-state index is 13.7.